The summed E-state index contributed by atoms with van der Waals surface area (Å²) in [7, 11) is -2.92. The number of nitrogens with one attached hydrogen (secondary N) is 1. The SMILES string of the molecule is COc1ccc(Cl)cc1N(CC(=O)N(Cc1cccc(Cl)c1)[C@H](Cc1ccccc1)C(=O)NC(C)C)S(=O)(=O)c1ccc(C)cc1. The third-order valence-corrected chi connectivity index (χ3v) is 9.49. The molecule has 2 amide bonds. The Morgan fingerprint density at radius 3 is 2.13 bits per heavy atom. The van der Waals surface area contributed by atoms with Crippen molar-refractivity contribution in [2.24, 2.45) is 0 Å². The van der Waals surface area contributed by atoms with Gasteiger partial charge in [-0.3, -0.25) is 13.9 Å². The fourth-order valence-corrected chi connectivity index (χ4v) is 6.77. The van der Waals surface area contributed by atoms with Crippen molar-refractivity contribution in [2.75, 3.05) is 18.0 Å². The number of hydrogen-bond acceptors (Lipinski definition) is 5. The molecule has 8 nitrogen and oxygen atoms in total. The van der Waals surface area contributed by atoms with E-state index in [9.17, 15) is 18.0 Å². The van der Waals surface area contributed by atoms with Gasteiger partial charge in [0.15, 0.2) is 0 Å². The largest absolute Gasteiger partial charge is 0.495 e. The molecule has 0 spiro atoms. The number of methoxy groups -OCH3 is 1. The van der Waals surface area contributed by atoms with Crippen LogP contribution < -0.4 is 14.4 Å². The van der Waals surface area contributed by atoms with Crippen LogP contribution in [0.1, 0.15) is 30.5 Å². The molecule has 4 aromatic carbocycles. The Labute approximate surface area is 280 Å². The van der Waals surface area contributed by atoms with Crippen molar-refractivity contribution in [3.8, 4) is 5.75 Å². The summed E-state index contributed by atoms with van der Waals surface area (Å²) >= 11 is 12.7. The molecule has 0 heterocycles. The highest BCUT2D eigenvalue weighted by molar-refractivity contribution is 7.92. The highest BCUT2D eigenvalue weighted by atomic mass is 35.5. The highest BCUT2D eigenvalue weighted by Gasteiger charge is 2.36. The summed E-state index contributed by atoms with van der Waals surface area (Å²) in [6, 6.07) is 26.0. The molecule has 0 bridgehead atoms. The lowest BCUT2D eigenvalue weighted by Crippen LogP contribution is -2.54. The topological polar surface area (TPSA) is 96.0 Å². The number of ether oxygens (including phenoxy) is 1. The number of hydrogen-bond donors (Lipinski definition) is 1. The first-order valence-corrected chi connectivity index (χ1v) is 16.9. The molecule has 4 rings (SSSR count). The number of rotatable bonds is 13. The zero-order chi connectivity index (χ0) is 33.4. The van der Waals surface area contributed by atoms with Crippen molar-refractivity contribution < 1.29 is 22.7 Å². The van der Waals surface area contributed by atoms with E-state index in [2.05, 4.69) is 5.32 Å². The maximum atomic E-state index is 14.6. The smallest absolute Gasteiger partial charge is 0.264 e. The van der Waals surface area contributed by atoms with Crippen LogP contribution in [0.3, 0.4) is 0 Å². The number of halogens is 2. The van der Waals surface area contributed by atoms with Crippen molar-refractivity contribution >= 4 is 50.7 Å². The second-order valence-corrected chi connectivity index (χ2v) is 13.9. The van der Waals surface area contributed by atoms with Crippen molar-refractivity contribution in [2.45, 2.75) is 50.7 Å². The lowest BCUT2D eigenvalue weighted by molar-refractivity contribution is -0.140. The Balaban J connectivity index is 1.86. The first-order chi connectivity index (χ1) is 21.9. The Morgan fingerprint density at radius 2 is 1.50 bits per heavy atom. The van der Waals surface area contributed by atoms with E-state index in [1.165, 1.54) is 36.3 Å². The molecule has 11 heteroatoms. The van der Waals surface area contributed by atoms with Gasteiger partial charge in [-0.1, -0.05) is 83.4 Å². The van der Waals surface area contributed by atoms with E-state index in [0.717, 1.165) is 15.4 Å². The van der Waals surface area contributed by atoms with Gasteiger partial charge in [0.2, 0.25) is 11.8 Å². The van der Waals surface area contributed by atoms with Gasteiger partial charge in [-0.25, -0.2) is 8.42 Å². The molecule has 0 fully saturated rings. The zero-order valence-corrected chi connectivity index (χ0v) is 28.4. The Morgan fingerprint density at radius 1 is 0.848 bits per heavy atom. The quantitative estimate of drug-likeness (QED) is 0.170. The van der Waals surface area contributed by atoms with E-state index in [1.807, 2.05) is 51.1 Å². The fourth-order valence-electron chi connectivity index (χ4n) is 4.98. The van der Waals surface area contributed by atoms with Crippen LogP contribution in [0, 0.1) is 6.92 Å². The second-order valence-electron chi connectivity index (χ2n) is 11.2. The summed E-state index contributed by atoms with van der Waals surface area (Å²) in [4.78, 5) is 29.8. The number of anilines is 1. The molecule has 0 aliphatic rings. The molecule has 1 N–H and O–H groups in total. The predicted molar refractivity (Wildman–Crippen MR) is 183 cm³/mol. The molecule has 0 aliphatic heterocycles. The van der Waals surface area contributed by atoms with Crippen LogP contribution in [0.2, 0.25) is 10.0 Å². The van der Waals surface area contributed by atoms with Gasteiger partial charge in [-0.2, -0.15) is 0 Å². The Bertz CT molecular complexity index is 1770. The molecular formula is C35H37Cl2N3O5S. The lowest BCUT2D eigenvalue weighted by atomic mass is 10.0. The normalized spacial score (nSPS) is 12.0. The maximum Gasteiger partial charge on any atom is 0.264 e. The summed E-state index contributed by atoms with van der Waals surface area (Å²) < 4.78 is 35.1. The summed E-state index contributed by atoms with van der Waals surface area (Å²) in [6.45, 7) is 4.87. The molecule has 0 unspecified atom stereocenters. The van der Waals surface area contributed by atoms with Crippen LogP contribution in [0.25, 0.3) is 0 Å². The summed E-state index contributed by atoms with van der Waals surface area (Å²) in [5.74, 6) is -0.785. The first kappa shape index (κ1) is 34.8. The van der Waals surface area contributed by atoms with Crippen LogP contribution in [0.4, 0.5) is 5.69 Å². The van der Waals surface area contributed by atoms with Crippen LogP contribution in [0.15, 0.2) is 102 Å². The number of nitrogens with zero attached hydrogens (tertiary/aromatic N) is 2. The monoisotopic (exact) mass is 681 g/mol. The molecule has 0 saturated heterocycles. The molecule has 0 saturated carbocycles. The van der Waals surface area contributed by atoms with Gasteiger partial charge in [0.25, 0.3) is 10.0 Å². The van der Waals surface area contributed by atoms with E-state index in [-0.39, 0.29) is 46.3 Å². The minimum Gasteiger partial charge on any atom is -0.495 e. The van der Waals surface area contributed by atoms with E-state index >= 15 is 0 Å². The summed E-state index contributed by atoms with van der Waals surface area (Å²) in [5.41, 5.74) is 2.45. The van der Waals surface area contributed by atoms with Gasteiger partial charge in [0.1, 0.15) is 18.3 Å². The summed E-state index contributed by atoms with van der Waals surface area (Å²) in [5, 5.41) is 3.65. The molecule has 4 aromatic rings. The molecule has 46 heavy (non-hydrogen) atoms. The molecule has 1 atom stereocenters. The molecular weight excluding hydrogens is 645 g/mol. The zero-order valence-electron chi connectivity index (χ0n) is 26.1. The van der Waals surface area contributed by atoms with Gasteiger partial charge in [0, 0.05) is 29.1 Å². The minimum atomic E-state index is -4.33. The lowest BCUT2D eigenvalue weighted by Gasteiger charge is -2.34. The van der Waals surface area contributed by atoms with Crippen molar-refractivity contribution in [1.29, 1.82) is 0 Å². The molecule has 0 aliphatic carbocycles. The molecule has 0 aromatic heterocycles. The van der Waals surface area contributed by atoms with Gasteiger partial charge < -0.3 is 15.0 Å². The van der Waals surface area contributed by atoms with Gasteiger partial charge in [0.05, 0.1) is 17.7 Å². The van der Waals surface area contributed by atoms with Crippen molar-refractivity contribution in [1.82, 2.24) is 10.2 Å². The van der Waals surface area contributed by atoms with E-state index < -0.39 is 28.5 Å². The van der Waals surface area contributed by atoms with Crippen molar-refractivity contribution in [3.63, 3.8) is 0 Å². The standard InChI is InChI=1S/C35H37Cl2N3O5S/c1-24(2)38-35(42)32(20-26-9-6-5-7-10-26)39(22-27-11-8-12-28(36)19-27)34(41)23-40(31-21-29(37)15-18-33(31)45-4)46(43,44)30-16-13-25(3)14-17-30/h5-19,21,24,32H,20,22-23H2,1-4H3,(H,38,42)/t32-/m1/s1. The number of benzene rings is 4. The number of amides is 2. The number of carbonyl (C=O) groups excluding carboxylic acids is 2. The van der Waals surface area contributed by atoms with E-state index in [4.69, 9.17) is 27.9 Å². The summed E-state index contributed by atoms with van der Waals surface area (Å²) in [6.07, 6.45) is 0.191. The minimum absolute atomic E-state index is 0.00644. The average Bonchev–Trinajstić information content (AvgIpc) is 3.01. The Kier molecular flexibility index (Phi) is 11.7. The van der Waals surface area contributed by atoms with Crippen molar-refractivity contribution in [3.05, 3.63) is 124 Å². The average molecular weight is 683 g/mol. The highest BCUT2D eigenvalue weighted by Crippen LogP contribution is 2.35. The van der Waals surface area contributed by atoms with Crippen LogP contribution in [0.5, 0.6) is 5.75 Å². The van der Waals surface area contributed by atoms with Crippen LogP contribution >= 0.6 is 23.2 Å². The van der Waals surface area contributed by atoms with Crippen LogP contribution in [-0.4, -0.2) is 50.9 Å². The third kappa shape index (κ3) is 8.81. The Hall–Kier alpha value is -4.05. The van der Waals surface area contributed by atoms with Gasteiger partial charge in [-0.05, 0) is 74.4 Å². The number of aryl methyl sites for hydroxylation is 1. The predicted octanol–water partition coefficient (Wildman–Crippen LogP) is 6.67. The molecule has 0 radical (unpaired) electrons. The number of sulfonamides is 1. The van der Waals surface area contributed by atoms with Gasteiger partial charge >= 0.3 is 0 Å². The third-order valence-electron chi connectivity index (χ3n) is 7.24. The second kappa shape index (κ2) is 15.5. The first-order valence-electron chi connectivity index (χ1n) is 14.7. The molecule has 242 valence electrons. The maximum absolute atomic E-state index is 14.6. The number of carbonyl (C=O) groups is 2. The fraction of sp³-hybridized carbons (Fsp3) is 0.257. The van der Waals surface area contributed by atoms with E-state index in [1.54, 1.807) is 42.5 Å². The van der Waals surface area contributed by atoms with Gasteiger partial charge in [-0.15, -0.1) is 0 Å². The van der Waals surface area contributed by atoms with Crippen LogP contribution in [-0.2, 0) is 32.6 Å². The van der Waals surface area contributed by atoms with E-state index in [0.29, 0.717) is 10.6 Å².